The van der Waals surface area contributed by atoms with Crippen molar-refractivity contribution in [1.82, 2.24) is 10.6 Å². The zero-order valence-corrected chi connectivity index (χ0v) is 17.1. The van der Waals surface area contributed by atoms with E-state index in [1.165, 1.54) is 19.3 Å². The molecule has 0 saturated heterocycles. The molecule has 0 bridgehead atoms. The predicted molar refractivity (Wildman–Crippen MR) is 117 cm³/mol. The molecule has 2 aliphatic carbocycles. The van der Waals surface area contributed by atoms with Crippen molar-refractivity contribution >= 4 is 0 Å². The molecule has 0 aliphatic heterocycles. The number of allylic oxidation sites excluding steroid dienone is 2. The minimum atomic E-state index is 0.110. The second kappa shape index (κ2) is 10.3. The van der Waals surface area contributed by atoms with Crippen LogP contribution in [0.1, 0.15) is 58.3 Å². The number of rotatable bonds is 12. The van der Waals surface area contributed by atoms with Crippen LogP contribution in [0.2, 0.25) is 0 Å². The minimum absolute atomic E-state index is 0.110. The molecule has 148 valence electrons. The Bertz CT molecular complexity index is 616. The largest absolute Gasteiger partial charge is 0.403 e. The van der Waals surface area contributed by atoms with Gasteiger partial charge in [-0.15, -0.1) is 11.8 Å². The van der Waals surface area contributed by atoms with Crippen molar-refractivity contribution in [2.75, 3.05) is 6.54 Å². The van der Waals surface area contributed by atoms with Crippen LogP contribution < -0.4 is 16.4 Å². The first-order chi connectivity index (χ1) is 12.9. The highest BCUT2D eigenvalue weighted by atomic mass is 15.0. The Labute approximate surface area is 166 Å². The summed E-state index contributed by atoms with van der Waals surface area (Å²) in [6.45, 7) is 19.0. The lowest BCUT2D eigenvalue weighted by atomic mass is 10.0. The fraction of sp³-hybridized carbons (Fsp3) is 0.583. The summed E-state index contributed by atoms with van der Waals surface area (Å²) in [5.41, 5.74) is 9.62. The van der Waals surface area contributed by atoms with E-state index in [0.717, 1.165) is 73.4 Å². The second-order valence-electron chi connectivity index (χ2n) is 8.29. The first-order valence-corrected chi connectivity index (χ1v) is 10.3. The van der Waals surface area contributed by atoms with Crippen molar-refractivity contribution in [2.45, 2.75) is 64.3 Å². The van der Waals surface area contributed by atoms with Gasteiger partial charge in [0.15, 0.2) is 0 Å². The average molecular weight is 368 g/mol. The zero-order valence-electron chi connectivity index (χ0n) is 17.1. The average Bonchev–Trinajstić information content (AvgIpc) is 3.23. The third-order valence-corrected chi connectivity index (χ3v) is 5.79. The Kier molecular flexibility index (Phi) is 8.10. The van der Waals surface area contributed by atoms with Crippen molar-refractivity contribution in [3.8, 4) is 11.8 Å². The quantitative estimate of drug-likeness (QED) is 0.349. The van der Waals surface area contributed by atoms with Gasteiger partial charge in [0.1, 0.15) is 0 Å². The predicted octanol–water partition coefficient (Wildman–Crippen LogP) is 4.61. The van der Waals surface area contributed by atoms with Crippen molar-refractivity contribution in [2.24, 2.45) is 23.5 Å². The Morgan fingerprint density at radius 2 is 1.70 bits per heavy atom. The summed E-state index contributed by atoms with van der Waals surface area (Å²) in [5, 5.41) is 6.94. The van der Waals surface area contributed by atoms with Gasteiger partial charge in [-0.2, -0.15) is 0 Å². The summed E-state index contributed by atoms with van der Waals surface area (Å²) in [6, 6.07) is 0.110. The molecule has 0 spiro atoms. The molecule has 0 radical (unpaired) electrons. The summed E-state index contributed by atoms with van der Waals surface area (Å²) < 4.78 is 0. The Hall–Kier alpha value is -2.08. The number of hydrogen-bond acceptors (Lipinski definition) is 3. The van der Waals surface area contributed by atoms with E-state index in [9.17, 15) is 0 Å². The maximum atomic E-state index is 5.77. The Morgan fingerprint density at radius 3 is 2.26 bits per heavy atom. The van der Waals surface area contributed by atoms with Gasteiger partial charge in [-0.25, -0.2) is 0 Å². The molecule has 0 amide bonds. The highest BCUT2D eigenvalue weighted by Gasteiger charge is 2.47. The summed E-state index contributed by atoms with van der Waals surface area (Å²) in [5.74, 6) is 9.24. The van der Waals surface area contributed by atoms with Crippen LogP contribution in [-0.2, 0) is 0 Å². The van der Waals surface area contributed by atoms with Crippen molar-refractivity contribution < 1.29 is 0 Å². The van der Waals surface area contributed by atoms with Crippen LogP contribution in [0.3, 0.4) is 0 Å². The molecule has 4 N–H and O–H groups in total. The molecule has 3 heteroatoms. The first kappa shape index (κ1) is 21.2. The Morgan fingerprint density at radius 1 is 1.07 bits per heavy atom. The van der Waals surface area contributed by atoms with Gasteiger partial charge >= 0.3 is 0 Å². The van der Waals surface area contributed by atoms with Crippen LogP contribution in [0.5, 0.6) is 0 Å². The number of hydrogen-bond donors (Lipinski definition) is 3. The van der Waals surface area contributed by atoms with Crippen LogP contribution in [0.25, 0.3) is 0 Å². The van der Waals surface area contributed by atoms with Crippen LogP contribution in [-0.4, -0.2) is 12.6 Å². The molecule has 3 nitrogen and oxygen atoms in total. The third-order valence-electron chi connectivity index (χ3n) is 5.79. The molecule has 0 aromatic carbocycles. The van der Waals surface area contributed by atoms with E-state index in [1.54, 1.807) is 0 Å². The monoisotopic (exact) mass is 367 g/mol. The number of nitrogens with two attached hydrogens (primary N) is 1. The molecular weight excluding hydrogens is 330 g/mol. The zero-order chi connectivity index (χ0) is 19.8. The topological polar surface area (TPSA) is 50.1 Å². The van der Waals surface area contributed by atoms with Gasteiger partial charge in [0.25, 0.3) is 0 Å². The second-order valence-corrected chi connectivity index (χ2v) is 8.29. The SMILES string of the molecule is C=C(C)CNC(=C)C(CCC(=C)N)NC(=C)CCC1C2CCC#CCCC21. The van der Waals surface area contributed by atoms with Gasteiger partial charge in [-0.1, -0.05) is 31.9 Å². The minimum Gasteiger partial charge on any atom is -0.403 e. The van der Waals surface area contributed by atoms with Gasteiger partial charge in [0.05, 0.1) is 6.04 Å². The maximum absolute atomic E-state index is 5.77. The van der Waals surface area contributed by atoms with E-state index in [-0.39, 0.29) is 6.04 Å². The number of nitrogens with one attached hydrogen (secondary N) is 2. The molecule has 3 unspecified atom stereocenters. The standard InChI is InChI=1S/C24H37N3/c1-17(2)16-26-20(5)24(15-12-18(3)25)27-19(4)13-14-23-21-10-8-6-7-9-11-22(21)23/h21-24,26-27H,1,3-5,8-16,25H2,2H3. The Balaban J connectivity index is 1.79. The van der Waals surface area contributed by atoms with Crippen LogP contribution in [0, 0.1) is 29.6 Å². The molecular formula is C24H37N3. The lowest BCUT2D eigenvalue weighted by Gasteiger charge is -2.25. The van der Waals surface area contributed by atoms with E-state index >= 15 is 0 Å². The van der Waals surface area contributed by atoms with Crippen LogP contribution >= 0.6 is 0 Å². The van der Waals surface area contributed by atoms with Crippen LogP contribution in [0.4, 0.5) is 0 Å². The van der Waals surface area contributed by atoms with Gasteiger partial charge in [-0.3, -0.25) is 0 Å². The molecule has 2 rings (SSSR count). The van der Waals surface area contributed by atoms with E-state index in [1.807, 2.05) is 6.92 Å². The molecule has 3 atom stereocenters. The van der Waals surface area contributed by atoms with Crippen molar-refractivity contribution in [1.29, 1.82) is 0 Å². The van der Waals surface area contributed by atoms with Crippen molar-refractivity contribution in [3.63, 3.8) is 0 Å². The summed E-state index contributed by atoms with van der Waals surface area (Å²) in [7, 11) is 0. The highest BCUT2D eigenvalue weighted by molar-refractivity contribution is 5.12. The maximum Gasteiger partial charge on any atom is 0.0654 e. The third kappa shape index (κ3) is 7.21. The van der Waals surface area contributed by atoms with Crippen molar-refractivity contribution in [3.05, 3.63) is 49.0 Å². The lowest BCUT2D eigenvalue weighted by molar-refractivity contribution is 0.527. The summed E-state index contributed by atoms with van der Waals surface area (Å²) in [4.78, 5) is 0. The lowest BCUT2D eigenvalue weighted by Crippen LogP contribution is -2.36. The fourth-order valence-electron chi connectivity index (χ4n) is 4.17. The van der Waals surface area contributed by atoms with Gasteiger partial charge < -0.3 is 16.4 Å². The van der Waals surface area contributed by atoms with E-state index in [0.29, 0.717) is 5.70 Å². The summed E-state index contributed by atoms with van der Waals surface area (Å²) >= 11 is 0. The smallest absolute Gasteiger partial charge is 0.0654 e. The fourth-order valence-corrected chi connectivity index (χ4v) is 4.17. The molecule has 1 fully saturated rings. The molecule has 27 heavy (non-hydrogen) atoms. The highest BCUT2D eigenvalue weighted by Crippen LogP contribution is 2.54. The van der Waals surface area contributed by atoms with E-state index < -0.39 is 0 Å². The van der Waals surface area contributed by atoms with Gasteiger partial charge in [-0.05, 0) is 63.2 Å². The molecule has 0 aromatic rings. The van der Waals surface area contributed by atoms with E-state index in [2.05, 4.69) is 48.8 Å². The number of fused-ring (bicyclic) bond motifs is 1. The van der Waals surface area contributed by atoms with Crippen LogP contribution in [0.15, 0.2) is 49.0 Å². The van der Waals surface area contributed by atoms with E-state index in [4.69, 9.17) is 5.73 Å². The molecule has 2 aliphatic rings. The van der Waals surface area contributed by atoms with Gasteiger partial charge in [0, 0.05) is 36.5 Å². The molecule has 0 heterocycles. The molecule has 0 aromatic heterocycles. The first-order valence-electron chi connectivity index (χ1n) is 10.3. The summed E-state index contributed by atoms with van der Waals surface area (Å²) in [6.07, 6.45) is 8.60. The normalized spacial score (nSPS) is 24.1. The molecule has 1 saturated carbocycles. The van der Waals surface area contributed by atoms with Gasteiger partial charge in [0.2, 0.25) is 0 Å².